The Hall–Kier alpha value is -1.82. The second-order valence-corrected chi connectivity index (χ2v) is 5.90. The molecule has 1 amide bonds. The molecule has 1 saturated heterocycles. The number of nitroso groups, excluding NO2 is 1. The van der Waals surface area contributed by atoms with Gasteiger partial charge in [-0.15, -0.1) is 16.2 Å². The number of aliphatic carboxylic acids is 1. The van der Waals surface area contributed by atoms with Crippen molar-refractivity contribution in [3.05, 3.63) is 27.3 Å². The normalized spacial score (nSPS) is 22.9. The second-order valence-electron chi connectivity index (χ2n) is 4.92. The molecule has 0 bridgehead atoms. The fraction of sp³-hybridized carbons (Fsp3) is 0.500. The zero-order chi connectivity index (χ0) is 16.8. The van der Waals surface area contributed by atoms with Crippen LogP contribution in [0, 0.1) is 4.91 Å². The summed E-state index contributed by atoms with van der Waals surface area (Å²) >= 11 is 1.21. The van der Waals surface area contributed by atoms with E-state index >= 15 is 0 Å². The van der Waals surface area contributed by atoms with E-state index in [1.165, 1.54) is 11.3 Å². The lowest BCUT2D eigenvalue weighted by Crippen LogP contribution is -2.51. The minimum Gasteiger partial charge on any atom is -0.481 e. The predicted octanol–water partition coefficient (Wildman–Crippen LogP) is -0.0498. The van der Waals surface area contributed by atoms with E-state index in [0.29, 0.717) is 4.88 Å². The molecule has 1 unspecified atom stereocenters. The maximum Gasteiger partial charge on any atom is 0.480 e. The van der Waals surface area contributed by atoms with Crippen molar-refractivity contribution < 1.29 is 29.1 Å². The van der Waals surface area contributed by atoms with Gasteiger partial charge in [0.15, 0.2) is 0 Å². The number of thiophene rings is 1. The van der Waals surface area contributed by atoms with Gasteiger partial charge in [-0.1, -0.05) is 11.2 Å². The number of nitrogens with one attached hydrogen (secondary N) is 1. The summed E-state index contributed by atoms with van der Waals surface area (Å²) in [7, 11) is -1.44. The largest absolute Gasteiger partial charge is 0.481 e. The summed E-state index contributed by atoms with van der Waals surface area (Å²) < 4.78 is 10.4. The molecule has 1 aliphatic rings. The Bertz CT molecular complexity index is 556. The number of ether oxygens (including phenoxy) is 1. The van der Waals surface area contributed by atoms with Gasteiger partial charge in [0.25, 0.3) is 5.91 Å². The maximum atomic E-state index is 12.1. The van der Waals surface area contributed by atoms with E-state index in [1.54, 1.807) is 17.5 Å². The van der Waals surface area contributed by atoms with E-state index in [4.69, 9.17) is 14.5 Å². The van der Waals surface area contributed by atoms with Crippen LogP contribution < -0.4 is 5.32 Å². The van der Waals surface area contributed by atoms with Gasteiger partial charge in [0.05, 0.1) is 31.7 Å². The molecule has 11 heteroatoms. The zero-order valence-electron chi connectivity index (χ0n) is 12.0. The Morgan fingerprint density at radius 2 is 2.30 bits per heavy atom. The van der Waals surface area contributed by atoms with Crippen molar-refractivity contribution in [1.82, 2.24) is 5.32 Å². The first-order valence-electron chi connectivity index (χ1n) is 6.80. The third-order valence-electron chi connectivity index (χ3n) is 3.17. The topological polar surface area (TPSA) is 135 Å². The molecule has 1 aliphatic heterocycles. The Morgan fingerprint density at radius 3 is 2.91 bits per heavy atom. The van der Waals surface area contributed by atoms with Crippen LogP contribution in [0.15, 0.2) is 22.7 Å². The molecule has 2 rings (SSSR count). The number of carbonyl (C=O) groups excluding carboxylic acids is 1. The van der Waals surface area contributed by atoms with Gasteiger partial charge in [-0.25, -0.2) is 0 Å². The molecule has 0 aromatic carbocycles. The second kappa shape index (κ2) is 8.15. The summed E-state index contributed by atoms with van der Waals surface area (Å²) in [5.41, 5.74) is 0. The standard InChI is InChI=1S/C12H15BN2O7S/c16-10(17)4-7-5-21-6-9(13(19)22-7)14-12(18)11(15-20)8-2-1-3-23-8/h1-3,7,9,11,19H,4-6H2,(H,14,18)(H,16,17)/t7-,9-,11?/m0/s1. The van der Waals surface area contributed by atoms with Crippen molar-refractivity contribution in [1.29, 1.82) is 0 Å². The summed E-state index contributed by atoms with van der Waals surface area (Å²) in [5.74, 6) is -2.70. The molecule has 1 aromatic heterocycles. The molecule has 0 saturated carbocycles. The van der Waals surface area contributed by atoms with Crippen LogP contribution in [0.1, 0.15) is 17.3 Å². The van der Waals surface area contributed by atoms with E-state index in [0.717, 1.165) is 0 Å². The highest BCUT2D eigenvalue weighted by molar-refractivity contribution is 7.10. The molecule has 0 aliphatic carbocycles. The molecule has 9 nitrogen and oxygen atoms in total. The lowest BCUT2D eigenvalue weighted by atomic mass is 9.79. The third kappa shape index (κ3) is 4.83. The van der Waals surface area contributed by atoms with Crippen LogP contribution in [0.25, 0.3) is 0 Å². The van der Waals surface area contributed by atoms with Crippen LogP contribution >= 0.6 is 11.3 Å². The molecular formula is C12H15BN2O7S. The molecule has 3 atom stereocenters. The summed E-state index contributed by atoms with van der Waals surface area (Å²) in [6, 6.07) is 2.07. The van der Waals surface area contributed by atoms with Crippen LogP contribution in [0.3, 0.4) is 0 Å². The Balaban J connectivity index is 1.97. The number of amides is 1. The molecule has 0 radical (unpaired) electrons. The van der Waals surface area contributed by atoms with E-state index in [1.807, 2.05) is 0 Å². The van der Waals surface area contributed by atoms with Crippen molar-refractivity contribution in [3.8, 4) is 0 Å². The smallest absolute Gasteiger partial charge is 0.480 e. The average molecular weight is 342 g/mol. The van der Waals surface area contributed by atoms with Crippen LogP contribution in [0.2, 0.25) is 0 Å². The highest BCUT2D eigenvalue weighted by atomic mass is 32.1. The highest BCUT2D eigenvalue weighted by Gasteiger charge is 2.37. The molecule has 1 fully saturated rings. The summed E-state index contributed by atoms with van der Waals surface area (Å²) in [6.45, 7) is -0.0882. The number of carboxylic acid groups (broad SMARTS) is 1. The first kappa shape index (κ1) is 17.5. The minimum atomic E-state index is -1.44. The number of hydrogen-bond acceptors (Lipinski definition) is 8. The first-order valence-corrected chi connectivity index (χ1v) is 7.68. The third-order valence-corrected chi connectivity index (χ3v) is 4.10. The SMILES string of the molecule is O=NC(C(=O)N[C@H]1COC[C@H](CC(=O)O)OB1O)c1cccs1. The lowest BCUT2D eigenvalue weighted by Gasteiger charge is -2.19. The lowest BCUT2D eigenvalue weighted by molar-refractivity contribution is -0.139. The quantitative estimate of drug-likeness (QED) is 0.487. The van der Waals surface area contributed by atoms with Gasteiger partial charge >= 0.3 is 13.1 Å². The van der Waals surface area contributed by atoms with Gasteiger partial charge in [-0.3, -0.25) is 9.59 Å². The number of hydrogen-bond donors (Lipinski definition) is 3. The predicted molar refractivity (Wildman–Crippen MR) is 80.7 cm³/mol. The van der Waals surface area contributed by atoms with E-state index < -0.39 is 37.1 Å². The molecule has 0 spiro atoms. The monoisotopic (exact) mass is 342 g/mol. The molecule has 2 heterocycles. The van der Waals surface area contributed by atoms with Crippen LogP contribution in [-0.2, 0) is 19.0 Å². The van der Waals surface area contributed by atoms with Gasteiger partial charge in [0, 0.05) is 4.88 Å². The van der Waals surface area contributed by atoms with Gasteiger partial charge in [-0.2, -0.15) is 0 Å². The van der Waals surface area contributed by atoms with E-state index in [9.17, 15) is 19.5 Å². The van der Waals surface area contributed by atoms with Gasteiger partial charge < -0.3 is 24.8 Å². The Kier molecular flexibility index (Phi) is 6.22. The fourth-order valence-corrected chi connectivity index (χ4v) is 2.84. The summed E-state index contributed by atoms with van der Waals surface area (Å²) in [6.07, 6.45) is -1.15. The van der Waals surface area contributed by atoms with Crippen LogP contribution in [0.5, 0.6) is 0 Å². The van der Waals surface area contributed by atoms with Crippen molar-refractivity contribution in [2.24, 2.45) is 5.18 Å². The minimum absolute atomic E-state index is 0.0178. The van der Waals surface area contributed by atoms with Crippen molar-refractivity contribution in [3.63, 3.8) is 0 Å². The van der Waals surface area contributed by atoms with Crippen LogP contribution in [0.4, 0.5) is 0 Å². The Labute approximate surface area is 135 Å². The molecule has 1 aromatic rings. The highest BCUT2D eigenvalue weighted by Crippen LogP contribution is 2.23. The molecule has 23 heavy (non-hydrogen) atoms. The van der Waals surface area contributed by atoms with Crippen molar-refractivity contribution in [2.75, 3.05) is 13.2 Å². The molecule has 3 N–H and O–H groups in total. The molecular weight excluding hydrogens is 327 g/mol. The van der Waals surface area contributed by atoms with Gasteiger partial charge in [0.2, 0.25) is 6.04 Å². The summed E-state index contributed by atoms with van der Waals surface area (Å²) in [4.78, 5) is 34.2. The van der Waals surface area contributed by atoms with Crippen LogP contribution in [-0.4, -0.2) is 54.4 Å². The average Bonchev–Trinajstić information content (AvgIpc) is 2.94. The Morgan fingerprint density at radius 1 is 1.52 bits per heavy atom. The number of carboxylic acids is 1. The first-order chi connectivity index (χ1) is 11.0. The molecule has 124 valence electrons. The number of nitrogens with zero attached hydrogens (tertiary/aromatic N) is 1. The maximum absolute atomic E-state index is 12.1. The van der Waals surface area contributed by atoms with E-state index in [-0.39, 0.29) is 19.6 Å². The number of rotatable bonds is 6. The van der Waals surface area contributed by atoms with E-state index in [2.05, 4.69) is 10.5 Å². The number of carbonyl (C=O) groups is 2. The van der Waals surface area contributed by atoms with Gasteiger partial charge in [-0.05, 0) is 11.4 Å². The van der Waals surface area contributed by atoms with Crippen molar-refractivity contribution in [2.45, 2.75) is 24.5 Å². The van der Waals surface area contributed by atoms with Gasteiger partial charge in [0.1, 0.15) is 0 Å². The van der Waals surface area contributed by atoms with Crippen molar-refractivity contribution >= 4 is 30.3 Å². The fourth-order valence-electron chi connectivity index (χ4n) is 2.09. The summed E-state index contributed by atoms with van der Waals surface area (Å²) in [5, 5.41) is 25.6. The zero-order valence-corrected chi connectivity index (χ0v) is 12.8.